The van der Waals surface area contributed by atoms with Gasteiger partial charge in [0.25, 0.3) is 15.6 Å². The van der Waals surface area contributed by atoms with Crippen LogP contribution in [0.4, 0.5) is 5.69 Å². The van der Waals surface area contributed by atoms with Crippen LogP contribution in [0, 0.1) is 18.3 Å². The molecule has 2 aromatic carbocycles. The summed E-state index contributed by atoms with van der Waals surface area (Å²) in [6.45, 7) is 1.54. The first-order valence-electron chi connectivity index (χ1n) is 7.03. The number of fused-ring (bicyclic) bond motifs is 1. The van der Waals surface area contributed by atoms with Crippen LogP contribution < -0.4 is 11.3 Å². The molecule has 0 aliphatic heterocycles. The Hall–Kier alpha value is -3.11. The number of nitrogens with two attached hydrogens (primary N) is 1. The van der Waals surface area contributed by atoms with Crippen LogP contribution in [0.3, 0.4) is 0 Å². The molecule has 2 N–H and O–H groups in total. The smallest absolute Gasteiger partial charge is 0.272 e. The van der Waals surface area contributed by atoms with Crippen LogP contribution in [0.1, 0.15) is 11.1 Å². The van der Waals surface area contributed by atoms with E-state index in [0.29, 0.717) is 15.0 Å². The Bertz CT molecular complexity index is 1170. The van der Waals surface area contributed by atoms with Gasteiger partial charge in [0.05, 0.1) is 11.1 Å². The van der Waals surface area contributed by atoms with Crippen molar-refractivity contribution in [1.29, 1.82) is 5.26 Å². The molecule has 0 fully saturated rings. The lowest BCUT2D eigenvalue weighted by molar-refractivity contribution is 0.587. The number of anilines is 1. The van der Waals surface area contributed by atoms with E-state index in [1.165, 1.54) is 24.3 Å². The molecule has 0 bridgehead atoms. The predicted molar refractivity (Wildman–Crippen MR) is 91.1 cm³/mol. The van der Waals surface area contributed by atoms with Crippen molar-refractivity contribution in [2.75, 3.05) is 5.73 Å². The fourth-order valence-corrected chi connectivity index (χ4v) is 4.16. The molecule has 0 saturated heterocycles. The second-order valence-corrected chi connectivity index (χ2v) is 7.08. The zero-order valence-electron chi connectivity index (χ0n) is 12.7. The molecule has 0 unspecified atom stereocenters. The third kappa shape index (κ3) is 2.33. The van der Waals surface area contributed by atoms with Gasteiger partial charge < -0.3 is 5.73 Å². The minimum Gasteiger partial charge on any atom is -0.399 e. The largest absolute Gasteiger partial charge is 0.399 e. The lowest BCUT2D eigenvalue weighted by Gasteiger charge is -2.13. The fraction of sp³-hybridized carbons (Fsp3) is 0.0588. The summed E-state index contributed by atoms with van der Waals surface area (Å²) < 4.78 is 26.9. The van der Waals surface area contributed by atoms with Crippen LogP contribution in [0.25, 0.3) is 10.9 Å². The van der Waals surface area contributed by atoms with Crippen molar-refractivity contribution in [3.05, 3.63) is 70.0 Å². The highest BCUT2D eigenvalue weighted by Crippen LogP contribution is 2.23. The van der Waals surface area contributed by atoms with Gasteiger partial charge in [-0.15, -0.1) is 0 Å². The van der Waals surface area contributed by atoms with E-state index in [1.807, 2.05) is 6.07 Å². The van der Waals surface area contributed by atoms with Gasteiger partial charge in [0.15, 0.2) is 0 Å². The number of nitriles is 1. The quantitative estimate of drug-likeness (QED) is 0.719. The maximum Gasteiger partial charge on any atom is 0.272 e. The molecule has 0 atom stereocenters. The molecular formula is C17H13N3O3S. The number of nitrogen functional groups attached to an aromatic ring is 1. The molecule has 7 heteroatoms. The van der Waals surface area contributed by atoms with E-state index in [9.17, 15) is 18.5 Å². The van der Waals surface area contributed by atoms with E-state index in [-0.39, 0.29) is 21.5 Å². The summed E-state index contributed by atoms with van der Waals surface area (Å²) >= 11 is 0. The van der Waals surface area contributed by atoms with Crippen molar-refractivity contribution in [2.24, 2.45) is 0 Å². The minimum absolute atomic E-state index is 0.0250. The Morgan fingerprint density at radius 3 is 2.54 bits per heavy atom. The normalized spacial score (nSPS) is 11.3. The zero-order valence-corrected chi connectivity index (χ0v) is 13.5. The standard InChI is InChI=1S/C17H13N3O3S/c1-11-8-12-6-7-14(19)9-15(12)20(17(11)21)24(22,23)16-5-3-2-4-13(16)10-18/h2-9H,19H2,1H3. The average Bonchev–Trinajstić information content (AvgIpc) is 2.56. The molecule has 0 aliphatic carbocycles. The molecule has 0 radical (unpaired) electrons. The van der Waals surface area contributed by atoms with Crippen LogP contribution in [0.15, 0.2) is 58.2 Å². The van der Waals surface area contributed by atoms with Gasteiger partial charge >= 0.3 is 0 Å². The third-order valence-corrected chi connectivity index (χ3v) is 5.45. The Balaban J connectivity index is 2.50. The first-order chi connectivity index (χ1) is 11.4. The summed E-state index contributed by atoms with van der Waals surface area (Å²) in [4.78, 5) is 12.4. The molecule has 0 amide bonds. The highest BCUT2D eigenvalue weighted by molar-refractivity contribution is 7.90. The molecule has 3 rings (SSSR count). The fourth-order valence-electron chi connectivity index (χ4n) is 2.54. The summed E-state index contributed by atoms with van der Waals surface area (Å²) in [7, 11) is -4.25. The van der Waals surface area contributed by atoms with Gasteiger partial charge in [-0.05, 0) is 42.6 Å². The van der Waals surface area contributed by atoms with Gasteiger partial charge in [-0.1, -0.05) is 18.2 Å². The summed E-state index contributed by atoms with van der Waals surface area (Å²) in [5.74, 6) is 0. The average molecular weight is 339 g/mol. The van der Waals surface area contributed by atoms with Crippen molar-refractivity contribution in [2.45, 2.75) is 11.8 Å². The maximum atomic E-state index is 13.1. The molecule has 1 aromatic heterocycles. The van der Waals surface area contributed by atoms with Crippen molar-refractivity contribution < 1.29 is 8.42 Å². The number of aryl methyl sites for hydroxylation is 1. The number of nitrogens with zero attached hydrogens (tertiary/aromatic N) is 2. The second-order valence-electron chi connectivity index (χ2n) is 5.33. The van der Waals surface area contributed by atoms with E-state index in [1.54, 1.807) is 31.2 Å². The predicted octanol–water partition coefficient (Wildman–Crippen LogP) is 2.00. The van der Waals surface area contributed by atoms with Crippen LogP contribution in [-0.2, 0) is 10.0 Å². The first kappa shape index (κ1) is 15.8. The van der Waals surface area contributed by atoms with E-state index >= 15 is 0 Å². The van der Waals surface area contributed by atoms with Gasteiger partial charge in [0.2, 0.25) is 0 Å². The summed E-state index contributed by atoms with van der Waals surface area (Å²) in [6, 6.07) is 13.9. The van der Waals surface area contributed by atoms with Crippen molar-refractivity contribution in [1.82, 2.24) is 3.97 Å². The Morgan fingerprint density at radius 1 is 1.12 bits per heavy atom. The van der Waals surface area contributed by atoms with Gasteiger partial charge in [0.1, 0.15) is 11.0 Å². The van der Waals surface area contributed by atoms with Crippen molar-refractivity contribution in [3.63, 3.8) is 0 Å². The van der Waals surface area contributed by atoms with Crippen LogP contribution >= 0.6 is 0 Å². The third-order valence-electron chi connectivity index (χ3n) is 3.69. The lowest BCUT2D eigenvalue weighted by atomic mass is 10.1. The second kappa shape index (κ2) is 5.51. The summed E-state index contributed by atoms with van der Waals surface area (Å²) in [6.07, 6.45) is 0. The molecule has 0 saturated carbocycles. The molecule has 6 nitrogen and oxygen atoms in total. The van der Waals surface area contributed by atoms with E-state index < -0.39 is 15.6 Å². The molecule has 3 aromatic rings. The van der Waals surface area contributed by atoms with E-state index in [0.717, 1.165) is 0 Å². The summed E-state index contributed by atoms with van der Waals surface area (Å²) in [5, 5.41) is 9.76. The van der Waals surface area contributed by atoms with E-state index in [4.69, 9.17) is 5.73 Å². The van der Waals surface area contributed by atoms with Crippen molar-refractivity contribution in [3.8, 4) is 6.07 Å². The zero-order chi connectivity index (χ0) is 17.5. The molecule has 120 valence electrons. The maximum absolute atomic E-state index is 13.1. The highest BCUT2D eigenvalue weighted by Gasteiger charge is 2.24. The number of hydrogen-bond acceptors (Lipinski definition) is 5. The topological polar surface area (TPSA) is 106 Å². The van der Waals surface area contributed by atoms with Gasteiger partial charge in [-0.2, -0.15) is 9.23 Å². The minimum atomic E-state index is -4.25. The number of hydrogen-bond donors (Lipinski definition) is 1. The van der Waals surface area contributed by atoms with Gasteiger partial charge in [-0.25, -0.2) is 8.42 Å². The Kier molecular flexibility index (Phi) is 3.62. The number of rotatable bonds is 2. The van der Waals surface area contributed by atoms with Crippen molar-refractivity contribution >= 4 is 26.6 Å². The number of benzene rings is 2. The number of pyridine rings is 1. The molecule has 0 spiro atoms. The van der Waals surface area contributed by atoms with Gasteiger partial charge in [-0.3, -0.25) is 4.79 Å². The monoisotopic (exact) mass is 339 g/mol. The van der Waals surface area contributed by atoms with Crippen LogP contribution in [0.5, 0.6) is 0 Å². The van der Waals surface area contributed by atoms with Crippen LogP contribution in [0.2, 0.25) is 0 Å². The SMILES string of the molecule is Cc1cc2ccc(N)cc2n(S(=O)(=O)c2ccccc2C#N)c1=O. The lowest BCUT2D eigenvalue weighted by Crippen LogP contribution is -2.29. The molecular weight excluding hydrogens is 326 g/mol. The van der Waals surface area contributed by atoms with Crippen LogP contribution in [-0.4, -0.2) is 12.4 Å². The summed E-state index contributed by atoms with van der Waals surface area (Å²) in [5.41, 5.74) is 5.86. The molecule has 0 aliphatic rings. The van der Waals surface area contributed by atoms with E-state index in [2.05, 4.69) is 0 Å². The Labute approximate surface area is 138 Å². The number of aromatic nitrogens is 1. The van der Waals surface area contributed by atoms with Gasteiger partial charge in [0, 0.05) is 11.3 Å². The molecule has 24 heavy (non-hydrogen) atoms. The highest BCUT2D eigenvalue weighted by atomic mass is 32.2. The first-order valence-corrected chi connectivity index (χ1v) is 8.47. The molecule has 1 heterocycles. The Morgan fingerprint density at radius 2 is 1.83 bits per heavy atom.